The first-order chi connectivity index (χ1) is 14.1. The van der Waals surface area contributed by atoms with E-state index in [1.54, 1.807) is 9.80 Å². The van der Waals surface area contributed by atoms with Gasteiger partial charge in [-0.15, -0.1) is 0 Å². The fourth-order valence-corrected chi connectivity index (χ4v) is 3.44. The molecule has 2 aromatic carbocycles. The van der Waals surface area contributed by atoms with E-state index in [-0.39, 0.29) is 17.5 Å². The van der Waals surface area contributed by atoms with Gasteiger partial charge in [0.25, 0.3) is 5.56 Å². The number of H-pyrrole nitrogens is 1. The normalized spacial score (nSPS) is 14.2. The van der Waals surface area contributed by atoms with Crippen molar-refractivity contribution in [2.75, 3.05) is 24.5 Å². The van der Waals surface area contributed by atoms with Crippen LogP contribution in [0.2, 0.25) is 5.02 Å². The molecule has 0 bridgehead atoms. The van der Waals surface area contributed by atoms with Crippen molar-refractivity contribution in [2.24, 2.45) is 0 Å². The molecule has 0 radical (unpaired) electrons. The summed E-state index contributed by atoms with van der Waals surface area (Å²) in [4.78, 5) is 27.9. The number of amides is 1. The van der Waals surface area contributed by atoms with Gasteiger partial charge in [-0.2, -0.15) is 5.10 Å². The van der Waals surface area contributed by atoms with Gasteiger partial charge in [-0.05, 0) is 29.8 Å². The van der Waals surface area contributed by atoms with E-state index in [9.17, 15) is 9.59 Å². The summed E-state index contributed by atoms with van der Waals surface area (Å²) in [6.07, 6.45) is 1.47. The fourth-order valence-electron chi connectivity index (χ4n) is 3.23. The van der Waals surface area contributed by atoms with E-state index in [1.165, 1.54) is 6.20 Å². The molecule has 1 saturated heterocycles. The Hall–Kier alpha value is -3.32. The molecule has 1 N–H and O–H groups in total. The molecule has 0 aliphatic carbocycles. The molecule has 1 fully saturated rings. The Kier molecular flexibility index (Phi) is 5.48. The van der Waals surface area contributed by atoms with Gasteiger partial charge in [0.05, 0.1) is 18.4 Å². The molecule has 7 nitrogen and oxygen atoms in total. The number of carbonyl (C=O) groups excluding carboxylic acids is 1. The molecule has 0 saturated carbocycles. The summed E-state index contributed by atoms with van der Waals surface area (Å²) < 4.78 is 5.87. The Morgan fingerprint density at radius 2 is 1.83 bits per heavy atom. The molecule has 1 aliphatic rings. The highest BCUT2D eigenvalue weighted by molar-refractivity contribution is 6.33. The molecule has 29 heavy (non-hydrogen) atoms. The van der Waals surface area contributed by atoms with Gasteiger partial charge in [0.2, 0.25) is 5.91 Å². The van der Waals surface area contributed by atoms with E-state index >= 15 is 0 Å². The number of aromatic amines is 1. The van der Waals surface area contributed by atoms with Crippen LogP contribution in [0.1, 0.15) is 5.56 Å². The number of halogens is 1. The summed E-state index contributed by atoms with van der Waals surface area (Å²) in [6.45, 7) is 1.72. The van der Waals surface area contributed by atoms with Crippen molar-refractivity contribution in [3.8, 4) is 11.5 Å². The Labute approximate surface area is 172 Å². The Morgan fingerprint density at radius 3 is 2.62 bits per heavy atom. The number of benzene rings is 2. The van der Waals surface area contributed by atoms with Crippen LogP contribution in [0.3, 0.4) is 0 Å². The van der Waals surface area contributed by atoms with Crippen LogP contribution in [-0.2, 0) is 11.3 Å². The fraction of sp³-hybridized carbons (Fsp3) is 0.190. The molecular formula is C21H19ClN4O3. The Balaban J connectivity index is 1.42. The van der Waals surface area contributed by atoms with Crippen molar-refractivity contribution in [2.45, 2.75) is 6.54 Å². The van der Waals surface area contributed by atoms with Crippen molar-refractivity contribution in [3.63, 3.8) is 0 Å². The van der Waals surface area contributed by atoms with Gasteiger partial charge in [0.15, 0.2) is 0 Å². The largest absolute Gasteiger partial charge is 0.457 e. The zero-order valence-electron chi connectivity index (χ0n) is 15.5. The summed E-state index contributed by atoms with van der Waals surface area (Å²) in [5.74, 6) is 1.45. The second-order valence-electron chi connectivity index (χ2n) is 6.70. The van der Waals surface area contributed by atoms with Crippen molar-refractivity contribution in [1.29, 1.82) is 0 Å². The van der Waals surface area contributed by atoms with E-state index in [0.717, 1.165) is 17.1 Å². The number of hydrogen-bond acceptors (Lipinski definition) is 5. The van der Waals surface area contributed by atoms with Crippen molar-refractivity contribution >= 4 is 23.2 Å². The maximum absolute atomic E-state index is 12.7. The minimum Gasteiger partial charge on any atom is -0.457 e. The van der Waals surface area contributed by atoms with E-state index < -0.39 is 5.56 Å². The number of anilines is 1. The summed E-state index contributed by atoms with van der Waals surface area (Å²) in [5, 5.41) is 6.10. The number of piperazine rings is 1. The van der Waals surface area contributed by atoms with Gasteiger partial charge < -0.3 is 14.5 Å². The predicted molar refractivity (Wildman–Crippen MR) is 110 cm³/mol. The van der Waals surface area contributed by atoms with Gasteiger partial charge in [-0.1, -0.05) is 41.9 Å². The van der Waals surface area contributed by atoms with Gasteiger partial charge in [0, 0.05) is 19.6 Å². The number of para-hydroxylation sites is 1. The second kappa shape index (κ2) is 8.36. The molecule has 3 aromatic rings. The number of ether oxygens (including phenoxy) is 1. The van der Waals surface area contributed by atoms with Crippen LogP contribution >= 0.6 is 11.6 Å². The molecule has 0 unspecified atom stereocenters. The SMILES string of the molecule is O=C1CN(c2cn[nH]c(=O)c2Cl)CCN1Cc1cccc(Oc2ccccc2)c1. The average Bonchev–Trinajstić information content (AvgIpc) is 2.73. The van der Waals surface area contributed by atoms with E-state index in [2.05, 4.69) is 10.2 Å². The molecule has 4 rings (SSSR count). The Bertz CT molecular complexity index is 1070. The van der Waals surface area contributed by atoms with Gasteiger partial charge in [0.1, 0.15) is 16.5 Å². The maximum atomic E-state index is 12.7. The van der Waals surface area contributed by atoms with E-state index in [4.69, 9.17) is 16.3 Å². The Morgan fingerprint density at radius 1 is 1.03 bits per heavy atom. The second-order valence-corrected chi connectivity index (χ2v) is 7.08. The first-order valence-corrected chi connectivity index (χ1v) is 9.56. The van der Waals surface area contributed by atoms with E-state index in [0.29, 0.717) is 25.3 Å². The van der Waals surface area contributed by atoms with E-state index in [1.807, 2.05) is 54.6 Å². The lowest BCUT2D eigenvalue weighted by molar-refractivity contribution is -0.131. The zero-order valence-corrected chi connectivity index (χ0v) is 16.3. The maximum Gasteiger partial charge on any atom is 0.285 e. The molecule has 0 spiro atoms. The van der Waals surface area contributed by atoms with Crippen molar-refractivity contribution in [3.05, 3.63) is 81.7 Å². The molecule has 1 amide bonds. The zero-order chi connectivity index (χ0) is 20.2. The van der Waals surface area contributed by atoms with Crippen LogP contribution in [0.25, 0.3) is 0 Å². The summed E-state index contributed by atoms with van der Waals surface area (Å²) in [6, 6.07) is 17.3. The first-order valence-electron chi connectivity index (χ1n) is 9.18. The predicted octanol–water partition coefficient (Wildman–Crippen LogP) is 3.06. The van der Waals surface area contributed by atoms with Crippen LogP contribution < -0.4 is 15.2 Å². The molecule has 148 valence electrons. The smallest absolute Gasteiger partial charge is 0.285 e. The third-order valence-electron chi connectivity index (χ3n) is 4.69. The average molecular weight is 411 g/mol. The highest BCUT2D eigenvalue weighted by atomic mass is 35.5. The van der Waals surface area contributed by atoms with Gasteiger partial charge >= 0.3 is 0 Å². The molecule has 1 aromatic heterocycles. The lowest BCUT2D eigenvalue weighted by atomic mass is 10.1. The number of rotatable bonds is 5. The summed E-state index contributed by atoms with van der Waals surface area (Å²) in [7, 11) is 0. The lowest BCUT2D eigenvalue weighted by Crippen LogP contribution is -2.50. The molecule has 1 aliphatic heterocycles. The molecular weight excluding hydrogens is 392 g/mol. The molecule has 2 heterocycles. The van der Waals surface area contributed by atoms with Crippen LogP contribution in [0.4, 0.5) is 5.69 Å². The summed E-state index contributed by atoms with van der Waals surface area (Å²) >= 11 is 6.06. The van der Waals surface area contributed by atoms with Crippen LogP contribution in [0.5, 0.6) is 11.5 Å². The van der Waals surface area contributed by atoms with Crippen LogP contribution in [0, 0.1) is 0 Å². The number of nitrogens with one attached hydrogen (secondary N) is 1. The minimum absolute atomic E-state index is 0.0398. The first kappa shape index (κ1) is 19.0. The monoisotopic (exact) mass is 410 g/mol. The third kappa shape index (κ3) is 4.41. The standard InChI is InChI=1S/C21H19ClN4O3/c22-20-18(12-23-24-21(20)28)25-9-10-26(19(27)14-25)13-15-5-4-8-17(11-15)29-16-6-2-1-3-7-16/h1-8,11-12H,9-10,13-14H2,(H,24,28). The molecule has 0 atom stereocenters. The topological polar surface area (TPSA) is 78.5 Å². The number of aromatic nitrogens is 2. The molecule has 8 heteroatoms. The summed E-state index contributed by atoms with van der Waals surface area (Å²) in [5.41, 5.74) is 0.993. The van der Waals surface area contributed by atoms with Crippen molar-refractivity contribution in [1.82, 2.24) is 15.1 Å². The number of nitrogens with zero attached hydrogens (tertiary/aromatic N) is 3. The lowest BCUT2D eigenvalue weighted by Gasteiger charge is -2.35. The van der Waals surface area contributed by atoms with Crippen LogP contribution in [-0.4, -0.2) is 40.6 Å². The number of carbonyl (C=O) groups is 1. The third-order valence-corrected chi connectivity index (χ3v) is 5.05. The van der Waals surface area contributed by atoms with Crippen LogP contribution in [0.15, 0.2) is 65.6 Å². The van der Waals surface area contributed by atoms with Gasteiger partial charge in [-0.3, -0.25) is 9.59 Å². The minimum atomic E-state index is -0.464. The quantitative estimate of drug-likeness (QED) is 0.699. The highest BCUT2D eigenvalue weighted by Gasteiger charge is 2.26. The highest BCUT2D eigenvalue weighted by Crippen LogP contribution is 2.25. The van der Waals surface area contributed by atoms with Crippen molar-refractivity contribution < 1.29 is 9.53 Å². The number of hydrogen-bond donors (Lipinski definition) is 1. The van der Waals surface area contributed by atoms with Gasteiger partial charge in [-0.25, -0.2) is 5.10 Å².